The van der Waals surface area contributed by atoms with Crippen LogP contribution in [0.4, 0.5) is 5.69 Å². The Labute approximate surface area is 298 Å². The summed E-state index contributed by atoms with van der Waals surface area (Å²) < 4.78 is 9.13. The largest absolute Gasteiger partial charge is 0.472 e. The number of hydrogen-bond acceptors (Lipinski definition) is 3. The predicted molar refractivity (Wildman–Crippen MR) is 207 cm³/mol. The van der Waals surface area contributed by atoms with Crippen LogP contribution in [-0.4, -0.2) is 13.1 Å². The quantitative estimate of drug-likeness (QED) is 0.186. The number of rotatable bonds is 3. The minimum Gasteiger partial charge on any atom is -0.472 e. The van der Waals surface area contributed by atoms with Crippen LogP contribution in [0.25, 0.3) is 38.1 Å². The van der Waals surface area contributed by atoms with Crippen molar-refractivity contribution >= 4 is 44.0 Å². The molecule has 0 N–H and O–H groups in total. The summed E-state index contributed by atoms with van der Waals surface area (Å²) in [5, 5.41) is 6.28. The molecule has 2 nitrogen and oxygen atoms in total. The molecular formula is C47H41NOS. The topological polar surface area (TPSA) is 12.5 Å². The number of piperidine rings is 1. The molecule has 5 aromatic carbocycles. The van der Waals surface area contributed by atoms with Crippen LogP contribution in [0.15, 0.2) is 109 Å². The molecule has 12 rings (SSSR count). The van der Waals surface area contributed by atoms with E-state index in [-0.39, 0.29) is 5.41 Å². The molecule has 6 aromatic rings. The van der Waals surface area contributed by atoms with Crippen molar-refractivity contribution in [2.45, 2.75) is 62.4 Å². The van der Waals surface area contributed by atoms with Gasteiger partial charge in [-0.3, -0.25) is 0 Å². The number of thiophene rings is 1. The van der Waals surface area contributed by atoms with Crippen molar-refractivity contribution in [1.29, 1.82) is 0 Å². The smallest absolute Gasteiger partial charge is 0.178 e. The lowest BCUT2D eigenvalue weighted by Gasteiger charge is -2.39. The lowest BCUT2D eigenvalue weighted by Crippen LogP contribution is -2.35. The van der Waals surface area contributed by atoms with E-state index in [0.29, 0.717) is 5.41 Å². The van der Waals surface area contributed by atoms with Gasteiger partial charge >= 0.3 is 0 Å². The molecule has 6 aliphatic rings. The normalized spacial score (nSPS) is 29.9. The SMILES string of the molecule is C1=CC(c2ccccc2)(c2ccc(N3CCCCC3)cc2)Oc2c1c1c(c3c2ccc2sccc23)-c2ccccc2C12CC1CCC3CC13C2. The van der Waals surface area contributed by atoms with Gasteiger partial charge in [0.1, 0.15) is 5.75 Å². The zero-order valence-electron chi connectivity index (χ0n) is 28.5. The molecule has 50 heavy (non-hydrogen) atoms. The van der Waals surface area contributed by atoms with Crippen LogP contribution in [0, 0.1) is 17.3 Å². The number of anilines is 1. The van der Waals surface area contributed by atoms with Gasteiger partial charge in [-0.1, -0.05) is 72.8 Å². The molecule has 0 amide bonds. The fraction of sp³-hybridized carbons (Fsp3) is 0.319. The van der Waals surface area contributed by atoms with Crippen molar-refractivity contribution in [2.75, 3.05) is 18.0 Å². The summed E-state index contributed by atoms with van der Waals surface area (Å²) in [6.07, 6.45) is 15.7. The maximum Gasteiger partial charge on any atom is 0.178 e. The molecule has 246 valence electrons. The Morgan fingerprint density at radius 2 is 1.50 bits per heavy atom. The van der Waals surface area contributed by atoms with Crippen LogP contribution in [-0.2, 0) is 11.0 Å². The maximum atomic E-state index is 7.78. The van der Waals surface area contributed by atoms with Crippen LogP contribution < -0.4 is 9.64 Å². The van der Waals surface area contributed by atoms with Crippen molar-refractivity contribution in [1.82, 2.24) is 0 Å². The maximum absolute atomic E-state index is 7.78. The fourth-order valence-corrected chi connectivity index (χ4v) is 12.8. The van der Waals surface area contributed by atoms with Crippen molar-refractivity contribution in [2.24, 2.45) is 17.3 Å². The molecule has 1 aromatic heterocycles. The molecule has 5 atom stereocenters. The summed E-state index contributed by atoms with van der Waals surface area (Å²) >= 11 is 1.86. The third-order valence-corrected chi connectivity index (χ3v) is 15.1. The standard InChI is InChI=1S/C47H41NOS/c1-3-9-30(10-4-1)47(31-15-17-34(18-16-31)48-24-7-2-8-25-48)23-21-38-43-42(41-36-22-26-50-40(36)20-19-37(41)44(38)49-47)35-11-5-6-12-39(35)46(43)28-33-14-13-32-27-45(32,33)29-46/h1,3-6,9-12,15-23,26,32-33H,2,7-8,13-14,24-25,27-29H2. The van der Waals surface area contributed by atoms with Crippen molar-refractivity contribution in [3.63, 3.8) is 0 Å². The first kappa shape index (κ1) is 28.4. The average molecular weight is 668 g/mol. The van der Waals surface area contributed by atoms with E-state index in [1.54, 1.807) is 11.1 Å². The second-order valence-electron chi connectivity index (χ2n) is 16.4. The number of hydrogen-bond donors (Lipinski definition) is 0. The van der Waals surface area contributed by atoms with Crippen LogP contribution in [0.3, 0.4) is 0 Å². The molecular weight excluding hydrogens is 627 g/mol. The number of fused-ring (bicyclic) bond motifs is 12. The highest BCUT2D eigenvalue weighted by atomic mass is 32.1. The summed E-state index contributed by atoms with van der Waals surface area (Å²) in [6.45, 7) is 2.29. The number of ether oxygens (including phenoxy) is 1. The first-order valence-corrected chi connectivity index (χ1v) is 20.0. The Morgan fingerprint density at radius 1 is 0.720 bits per heavy atom. The van der Waals surface area contributed by atoms with Gasteiger partial charge in [-0.15, -0.1) is 11.3 Å². The van der Waals surface area contributed by atoms with Gasteiger partial charge in [-0.05, 0) is 133 Å². The van der Waals surface area contributed by atoms with E-state index in [1.807, 2.05) is 11.3 Å². The molecule has 4 aliphatic carbocycles. The molecule has 4 fully saturated rings. The van der Waals surface area contributed by atoms with E-state index in [4.69, 9.17) is 4.74 Å². The number of nitrogens with zero attached hydrogens (tertiary/aromatic N) is 1. The lowest BCUT2D eigenvalue weighted by atomic mass is 9.71. The third kappa shape index (κ3) is 3.55. The zero-order valence-corrected chi connectivity index (χ0v) is 29.3. The minimum atomic E-state index is -0.732. The molecule has 1 saturated heterocycles. The Morgan fingerprint density at radius 3 is 2.32 bits per heavy atom. The monoisotopic (exact) mass is 667 g/mol. The van der Waals surface area contributed by atoms with Crippen LogP contribution >= 0.6 is 11.3 Å². The highest BCUT2D eigenvalue weighted by molar-refractivity contribution is 7.17. The summed E-state index contributed by atoms with van der Waals surface area (Å²) in [6, 6.07) is 36.9. The van der Waals surface area contributed by atoms with Gasteiger partial charge in [0.25, 0.3) is 0 Å². The van der Waals surface area contributed by atoms with E-state index in [9.17, 15) is 0 Å². The Kier molecular flexibility index (Phi) is 5.63. The fourth-order valence-electron chi connectivity index (χ4n) is 12.0. The van der Waals surface area contributed by atoms with Crippen LogP contribution in [0.5, 0.6) is 5.75 Å². The average Bonchev–Trinajstić information content (AvgIpc) is 3.54. The van der Waals surface area contributed by atoms with Gasteiger partial charge in [0.15, 0.2) is 5.60 Å². The molecule has 3 heteroatoms. The van der Waals surface area contributed by atoms with Crippen molar-refractivity contribution < 1.29 is 4.74 Å². The molecule has 2 aliphatic heterocycles. The van der Waals surface area contributed by atoms with E-state index < -0.39 is 5.60 Å². The highest BCUT2D eigenvalue weighted by Crippen LogP contribution is 2.80. The summed E-state index contributed by atoms with van der Waals surface area (Å²) in [5.74, 6) is 2.84. The van der Waals surface area contributed by atoms with Crippen LogP contribution in [0.1, 0.15) is 79.2 Å². The molecule has 0 radical (unpaired) electrons. The second-order valence-corrected chi connectivity index (χ2v) is 17.3. The Bertz CT molecular complexity index is 2400. The van der Waals surface area contributed by atoms with Gasteiger partial charge in [0.05, 0.1) is 0 Å². The van der Waals surface area contributed by atoms with Gasteiger partial charge < -0.3 is 9.64 Å². The first-order valence-electron chi connectivity index (χ1n) is 19.1. The second kappa shape index (κ2) is 9.92. The first-order chi connectivity index (χ1) is 24.7. The summed E-state index contributed by atoms with van der Waals surface area (Å²) in [5.41, 5.74) is 10.9. The Hall–Kier alpha value is -4.34. The molecule has 3 saturated carbocycles. The van der Waals surface area contributed by atoms with Gasteiger partial charge in [0.2, 0.25) is 0 Å². The lowest BCUT2D eigenvalue weighted by molar-refractivity contribution is 0.163. The van der Waals surface area contributed by atoms with Gasteiger partial charge in [0, 0.05) is 61.7 Å². The summed E-state index contributed by atoms with van der Waals surface area (Å²) in [4.78, 5) is 2.55. The number of benzene rings is 5. The molecule has 2 spiro atoms. The minimum absolute atomic E-state index is 0.0404. The van der Waals surface area contributed by atoms with Crippen molar-refractivity contribution in [3.8, 4) is 16.9 Å². The summed E-state index contributed by atoms with van der Waals surface area (Å²) in [7, 11) is 0. The van der Waals surface area contributed by atoms with E-state index in [1.165, 1.54) is 106 Å². The molecule has 5 unspecified atom stereocenters. The van der Waals surface area contributed by atoms with Crippen LogP contribution in [0.2, 0.25) is 0 Å². The van der Waals surface area contributed by atoms with E-state index in [0.717, 1.165) is 30.7 Å². The van der Waals surface area contributed by atoms with E-state index in [2.05, 4.69) is 119 Å². The molecule has 3 heterocycles. The molecule has 0 bridgehead atoms. The van der Waals surface area contributed by atoms with E-state index >= 15 is 0 Å². The highest BCUT2D eigenvalue weighted by Gasteiger charge is 2.71. The van der Waals surface area contributed by atoms with Gasteiger partial charge in [-0.2, -0.15) is 0 Å². The third-order valence-electron chi connectivity index (χ3n) is 14.2. The van der Waals surface area contributed by atoms with Crippen molar-refractivity contribution in [3.05, 3.63) is 136 Å². The zero-order chi connectivity index (χ0) is 32.7. The Balaban J connectivity index is 1.12. The predicted octanol–water partition coefficient (Wildman–Crippen LogP) is 11.9. The van der Waals surface area contributed by atoms with Gasteiger partial charge in [-0.25, -0.2) is 0 Å².